The number of fused-ring (bicyclic) bond motifs is 3. The standard InChI is InChI=1S/C16H21NO2/c1-11-4-6-17-7-5-12-9-15(18-2)16(19-3)10-13(12)14(17)8-11/h4,9-10,14H,5-8H2,1-3H3. The summed E-state index contributed by atoms with van der Waals surface area (Å²) in [7, 11) is 3.41. The molecule has 0 saturated heterocycles. The molecule has 1 unspecified atom stereocenters. The van der Waals surface area contributed by atoms with Crippen LogP contribution in [0.4, 0.5) is 0 Å². The van der Waals surface area contributed by atoms with Gasteiger partial charge in [-0.1, -0.05) is 11.6 Å². The van der Waals surface area contributed by atoms with Gasteiger partial charge < -0.3 is 9.47 Å². The summed E-state index contributed by atoms with van der Waals surface area (Å²) in [5.74, 6) is 1.69. The zero-order valence-corrected chi connectivity index (χ0v) is 11.9. The van der Waals surface area contributed by atoms with Gasteiger partial charge in [0.25, 0.3) is 0 Å². The van der Waals surface area contributed by atoms with Crippen LogP contribution in [0.1, 0.15) is 30.5 Å². The Bertz CT molecular complexity index is 522. The summed E-state index contributed by atoms with van der Waals surface area (Å²) < 4.78 is 10.9. The average molecular weight is 259 g/mol. The van der Waals surface area contributed by atoms with Gasteiger partial charge in [0.1, 0.15) is 0 Å². The Hall–Kier alpha value is -1.48. The van der Waals surface area contributed by atoms with E-state index in [-0.39, 0.29) is 0 Å². The van der Waals surface area contributed by atoms with Crippen LogP contribution in [-0.4, -0.2) is 32.2 Å². The molecule has 0 N–H and O–H groups in total. The maximum Gasteiger partial charge on any atom is 0.161 e. The molecule has 19 heavy (non-hydrogen) atoms. The van der Waals surface area contributed by atoms with E-state index in [1.165, 1.54) is 16.7 Å². The van der Waals surface area contributed by atoms with E-state index in [4.69, 9.17) is 9.47 Å². The zero-order chi connectivity index (χ0) is 13.4. The van der Waals surface area contributed by atoms with Crippen molar-refractivity contribution in [3.63, 3.8) is 0 Å². The van der Waals surface area contributed by atoms with Crippen molar-refractivity contribution >= 4 is 0 Å². The number of rotatable bonds is 2. The van der Waals surface area contributed by atoms with Crippen molar-refractivity contribution in [3.8, 4) is 11.5 Å². The number of ether oxygens (including phenoxy) is 2. The summed E-state index contributed by atoms with van der Waals surface area (Å²) in [6.45, 7) is 4.44. The Labute approximate surface area is 114 Å². The van der Waals surface area contributed by atoms with Crippen molar-refractivity contribution in [3.05, 3.63) is 34.9 Å². The molecule has 1 aromatic carbocycles. The molecule has 102 valence electrons. The van der Waals surface area contributed by atoms with E-state index < -0.39 is 0 Å². The second-order valence-electron chi connectivity index (χ2n) is 5.42. The first-order chi connectivity index (χ1) is 9.22. The van der Waals surface area contributed by atoms with E-state index in [9.17, 15) is 0 Å². The summed E-state index contributed by atoms with van der Waals surface area (Å²) in [5.41, 5.74) is 4.31. The molecule has 1 atom stereocenters. The molecule has 0 amide bonds. The molecule has 0 radical (unpaired) electrons. The average Bonchev–Trinajstić information content (AvgIpc) is 2.45. The highest BCUT2D eigenvalue weighted by Gasteiger charge is 2.30. The molecular formula is C16H21NO2. The predicted octanol–water partition coefficient (Wildman–Crippen LogP) is 2.95. The topological polar surface area (TPSA) is 21.7 Å². The van der Waals surface area contributed by atoms with Gasteiger partial charge in [-0.2, -0.15) is 0 Å². The first kappa shape index (κ1) is 12.5. The molecule has 0 spiro atoms. The third-order valence-electron chi connectivity index (χ3n) is 4.30. The summed E-state index contributed by atoms with van der Waals surface area (Å²) in [6.07, 6.45) is 4.57. The fourth-order valence-corrected chi connectivity index (χ4v) is 3.20. The number of methoxy groups -OCH3 is 2. The SMILES string of the molecule is COc1cc2c(cc1OC)C1CC(C)=CCN1CC2. The largest absolute Gasteiger partial charge is 0.493 e. The fourth-order valence-electron chi connectivity index (χ4n) is 3.20. The van der Waals surface area contributed by atoms with Gasteiger partial charge in [-0.15, -0.1) is 0 Å². The summed E-state index contributed by atoms with van der Waals surface area (Å²) in [5, 5.41) is 0. The molecule has 0 aromatic heterocycles. The molecule has 3 nitrogen and oxygen atoms in total. The van der Waals surface area contributed by atoms with E-state index in [2.05, 4.69) is 30.0 Å². The van der Waals surface area contributed by atoms with Gasteiger partial charge in [0.2, 0.25) is 0 Å². The van der Waals surface area contributed by atoms with Gasteiger partial charge in [0.05, 0.1) is 14.2 Å². The van der Waals surface area contributed by atoms with Crippen molar-refractivity contribution < 1.29 is 9.47 Å². The lowest BCUT2D eigenvalue weighted by Gasteiger charge is -2.40. The Morgan fingerprint density at radius 3 is 2.63 bits per heavy atom. The van der Waals surface area contributed by atoms with Crippen molar-refractivity contribution in [2.45, 2.75) is 25.8 Å². The van der Waals surface area contributed by atoms with Crippen molar-refractivity contribution in [2.75, 3.05) is 27.3 Å². The molecule has 0 saturated carbocycles. The summed E-state index contributed by atoms with van der Waals surface area (Å²) in [6, 6.07) is 4.83. The van der Waals surface area contributed by atoms with E-state index in [0.717, 1.165) is 37.4 Å². The Morgan fingerprint density at radius 2 is 1.89 bits per heavy atom. The van der Waals surface area contributed by atoms with Gasteiger partial charge in [0, 0.05) is 19.1 Å². The monoisotopic (exact) mass is 259 g/mol. The van der Waals surface area contributed by atoms with Crippen molar-refractivity contribution in [1.29, 1.82) is 0 Å². The lowest BCUT2D eigenvalue weighted by molar-refractivity contribution is 0.192. The molecule has 3 heteroatoms. The molecular weight excluding hydrogens is 238 g/mol. The minimum atomic E-state index is 0.508. The van der Waals surface area contributed by atoms with E-state index in [1.54, 1.807) is 14.2 Å². The molecule has 2 aliphatic rings. The van der Waals surface area contributed by atoms with Crippen LogP contribution in [-0.2, 0) is 6.42 Å². The minimum absolute atomic E-state index is 0.508. The lowest BCUT2D eigenvalue weighted by Crippen LogP contribution is -2.37. The van der Waals surface area contributed by atoms with Crippen LogP contribution in [0.5, 0.6) is 11.5 Å². The highest BCUT2D eigenvalue weighted by atomic mass is 16.5. The first-order valence-corrected chi connectivity index (χ1v) is 6.87. The molecule has 0 fully saturated rings. The molecule has 1 aromatic rings. The van der Waals surface area contributed by atoms with Crippen molar-refractivity contribution in [2.24, 2.45) is 0 Å². The lowest BCUT2D eigenvalue weighted by atomic mass is 9.86. The van der Waals surface area contributed by atoms with E-state index in [1.807, 2.05) is 0 Å². The maximum absolute atomic E-state index is 5.45. The quantitative estimate of drug-likeness (QED) is 0.762. The summed E-state index contributed by atoms with van der Waals surface area (Å²) >= 11 is 0. The van der Waals surface area contributed by atoms with Crippen LogP contribution in [0.3, 0.4) is 0 Å². The smallest absolute Gasteiger partial charge is 0.161 e. The molecule has 3 rings (SSSR count). The number of hydrogen-bond donors (Lipinski definition) is 0. The van der Waals surface area contributed by atoms with Crippen molar-refractivity contribution in [1.82, 2.24) is 4.90 Å². The van der Waals surface area contributed by atoms with Gasteiger partial charge in [-0.3, -0.25) is 4.90 Å². The third-order valence-corrected chi connectivity index (χ3v) is 4.30. The highest BCUT2D eigenvalue weighted by Crippen LogP contribution is 2.41. The van der Waals surface area contributed by atoms with Gasteiger partial charge in [-0.05, 0) is 43.0 Å². The third kappa shape index (κ3) is 2.12. The molecule has 2 aliphatic heterocycles. The summed E-state index contributed by atoms with van der Waals surface area (Å²) in [4.78, 5) is 2.56. The van der Waals surface area contributed by atoms with Crippen LogP contribution in [0.2, 0.25) is 0 Å². The Balaban J connectivity index is 2.04. The number of hydrogen-bond acceptors (Lipinski definition) is 3. The van der Waals surface area contributed by atoms with Crippen LogP contribution in [0.15, 0.2) is 23.8 Å². The molecule has 0 bridgehead atoms. The first-order valence-electron chi connectivity index (χ1n) is 6.87. The maximum atomic E-state index is 5.45. The number of nitrogens with zero attached hydrogens (tertiary/aromatic N) is 1. The normalized spacial score (nSPS) is 22.3. The Kier molecular flexibility index (Phi) is 3.23. The fraction of sp³-hybridized carbons (Fsp3) is 0.500. The molecule has 0 aliphatic carbocycles. The van der Waals surface area contributed by atoms with E-state index in [0.29, 0.717) is 6.04 Å². The number of benzene rings is 1. The second-order valence-corrected chi connectivity index (χ2v) is 5.42. The predicted molar refractivity (Wildman–Crippen MR) is 75.9 cm³/mol. The van der Waals surface area contributed by atoms with Gasteiger partial charge >= 0.3 is 0 Å². The van der Waals surface area contributed by atoms with E-state index >= 15 is 0 Å². The van der Waals surface area contributed by atoms with Gasteiger partial charge in [-0.25, -0.2) is 0 Å². The highest BCUT2D eigenvalue weighted by molar-refractivity contribution is 5.50. The molecule has 2 heterocycles. The van der Waals surface area contributed by atoms with Crippen LogP contribution in [0, 0.1) is 0 Å². The van der Waals surface area contributed by atoms with Crippen LogP contribution < -0.4 is 9.47 Å². The zero-order valence-electron chi connectivity index (χ0n) is 11.9. The van der Waals surface area contributed by atoms with Crippen LogP contribution in [0.25, 0.3) is 0 Å². The minimum Gasteiger partial charge on any atom is -0.493 e. The van der Waals surface area contributed by atoms with Crippen LogP contribution >= 0.6 is 0 Å². The second kappa shape index (κ2) is 4.89. The van der Waals surface area contributed by atoms with Gasteiger partial charge in [0.15, 0.2) is 11.5 Å². The Morgan fingerprint density at radius 1 is 1.16 bits per heavy atom.